The minimum absolute atomic E-state index is 0.433. The van der Waals surface area contributed by atoms with E-state index in [0.29, 0.717) is 18.0 Å². The highest BCUT2D eigenvalue weighted by atomic mass is 35.5. The number of ketones is 1. The Morgan fingerprint density at radius 2 is 0.879 bits per heavy atom. The Balaban J connectivity index is 1.17. The van der Waals surface area contributed by atoms with Crippen LogP contribution < -0.4 is 0 Å². The zero-order valence-electron chi connectivity index (χ0n) is 20.8. The van der Waals surface area contributed by atoms with E-state index in [9.17, 15) is 4.79 Å². The van der Waals surface area contributed by atoms with Gasteiger partial charge < -0.3 is 9.47 Å². The third-order valence-corrected chi connectivity index (χ3v) is 12.7. The number of rotatable bonds is 4. The summed E-state index contributed by atoms with van der Waals surface area (Å²) in [6.45, 7) is 0. The SMILES string of the molecule is CO[C@H]1CC[C@H](C2CCC3(CC2)C(=O)C2(CCC([C@H]4CC[C@H](OC)CC4)CC2)C3(Cl)Cl)CC1. The van der Waals surface area contributed by atoms with Crippen LogP contribution in [0.5, 0.6) is 0 Å². The molecule has 2 spiro atoms. The van der Waals surface area contributed by atoms with Crippen LogP contribution in [0, 0.1) is 34.5 Å². The Labute approximate surface area is 211 Å². The van der Waals surface area contributed by atoms with Crippen molar-refractivity contribution in [3.63, 3.8) is 0 Å². The molecule has 5 heteroatoms. The summed E-state index contributed by atoms with van der Waals surface area (Å²) in [5.74, 6) is 3.49. The molecule has 0 aromatic carbocycles. The van der Waals surface area contributed by atoms with Crippen LogP contribution >= 0.6 is 23.2 Å². The molecule has 5 rings (SSSR count). The fraction of sp³-hybridized carbons (Fsp3) is 0.964. The highest BCUT2D eigenvalue weighted by Crippen LogP contribution is 2.75. The number of alkyl halides is 2. The Bertz CT molecular complexity index is 634. The molecule has 5 aliphatic rings. The van der Waals surface area contributed by atoms with Gasteiger partial charge in [0.2, 0.25) is 0 Å². The molecule has 0 aromatic rings. The van der Waals surface area contributed by atoms with Crippen LogP contribution in [0.1, 0.15) is 103 Å². The molecule has 188 valence electrons. The summed E-state index contributed by atoms with van der Waals surface area (Å²) in [5.41, 5.74) is -0.945. The Hall–Kier alpha value is 0.170. The van der Waals surface area contributed by atoms with Crippen LogP contribution in [0.25, 0.3) is 0 Å². The number of hydrogen-bond acceptors (Lipinski definition) is 3. The third kappa shape index (κ3) is 3.94. The van der Waals surface area contributed by atoms with E-state index >= 15 is 0 Å². The monoisotopic (exact) mass is 498 g/mol. The minimum Gasteiger partial charge on any atom is -0.381 e. The lowest BCUT2D eigenvalue weighted by Crippen LogP contribution is -2.74. The Kier molecular flexibility index (Phi) is 7.20. The summed E-state index contributed by atoms with van der Waals surface area (Å²) in [6, 6.07) is 0. The smallest absolute Gasteiger partial charge is 0.151 e. The van der Waals surface area contributed by atoms with Gasteiger partial charge >= 0.3 is 0 Å². The molecular formula is C28H44Cl2O3. The van der Waals surface area contributed by atoms with Crippen LogP contribution in [0.3, 0.4) is 0 Å². The first-order valence-corrected chi connectivity index (χ1v) is 14.6. The number of halogens is 2. The van der Waals surface area contributed by atoms with Crippen molar-refractivity contribution in [1.82, 2.24) is 0 Å². The second-order valence-corrected chi connectivity index (χ2v) is 13.6. The van der Waals surface area contributed by atoms with E-state index in [1.165, 1.54) is 51.4 Å². The van der Waals surface area contributed by atoms with Crippen molar-refractivity contribution in [1.29, 1.82) is 0 Å². The predicted octanol–water partition coefficient (Wildman–Crippen LogP) is 7.51. The van der Waals surface area contributed by atoms with E-state index < -0.39 is 15.2 Å². The average molecular weight is 500 g/mol. The molecule has 0 heterocycles. The van der Waals surface area contributed by atoms with Gasteiger partial charge in [-0.25, -0.2) is 0 Å². The maximum Gasteiger partial charge on any atom is 0.151 e. The van der Waals surface area contributed by atoms with Gasteiger partial charge in [-0.05, 0) is 126 Å². The lowest BCUT2D eigenvalue weighted by atomic mass is 9.41. The molecule has 0 N–H and O–H groups in total. The number of Topliss-reactive ketones (excluding diaryl/α,β-unsaturated/α-hetero) is 1. The van der Waals surface area contributed by atoms with Crippen LogP contribution in [-0.2, 0) is 14.3 Å². The van der Waals surface area contributed by atoms with Crippen molar-refractivity contribution in [2.24, 2.45) is 34.5 Å². The molecule has 33 heavy (non-hydrogen) atoms. The predicted molar refractivity (Wildman–Crippen MR) is 134 cm³/mol. The van der Waals surface area contributed by atoms with Gasteiger partial charge in [0.15, 0.2) is 5.78 Å². The molecular weight excluding hydrogens is 455 g/mol. The Morgan fingerprint density at radius 1 is 0.576 bits per heavy atom. The molecule has 0 aliphatic heterocycles. The number of hydrogen-bond donors (Lipinski definition) is 0. The molecule has 0 aromatic heterocycles. The van der Waals surface area contributed by atoms with Crippen molar-refractivity contribution < 1.29 is 14.3 Å². The van der Waals surface area contributed by atoms with Crippen LogP contribution in [0.15, 0.2) is 0 Å². The highest BCUT2D eigenvalue weighted by molar-refractivity contribution is 6.55. The van der Waals surface area contributed by atoms with Gasteiger partial charge in [0.25, 0.3) is 0 Å². The normalized spacial score (nSPS) is 48.1. The highest BCUT2D eigenvalue weighted by Gasteiger charge is 2.79. The summed E-state index contributed by atoms with van der Waals surface area (Å²) in [7, 11) is 3.68. The lowest BCUT2D eigenvalue weighted by Gasteiger charge is -2.67. The van der Waals surface area contributed by atoms with Crippen LogP contribution in [-0.4, -0.2) is 36.5 Å². The molecule has 0 unspecified atom stereocenters. The first-order chi connectivity index (χ1) is 15.9. The molecule has 0 radical (unpaired) electrons. The lowest BCUT2D eigenvalue weighted by molar-refractivity contribution is -0.173. The van der Waals surface area contributed by atoms with Gasteiger partial charge in [0.1, 0.15) is 4.33 Å². The molecule has 0 bridgehead atoms. The molecule has 5 saturated carbocycles. The first kappa shape index (κ1) is 24.8. The van der Waals surface area contributed by atoms with E-state index in [1.54, 1.807) is 0 Å². The zero-order chi connectivity index (χ0) is 23.3. The van der Waals surface area contributed by atoms with Crippen molar-refractivity contribution in [2.75, 3.05) is 14.2 Å². The number of carbonyl (C=O) groups excluding carboxylic acids is 1. The van der Waals surface area contributed by atoms with Gasteiger partial charge in [0, 0.05) is 14.2 Å². The van der Waals surface area contributed by atoms with Gasteiger partial charge in [-0.1, -0.05) is 23.2 Å². The van der Waals surface area contributed by atoms with E-state index in [1.807, 2.05) is 14.2 Å². The first-order valence-electron chi connectivity index (χ1n) is 13.8. The summed E-state index contributed by atoms with van der Waals surface area (Å²) in [4.78, 5) is 13.9. The van der Waals surface area contributed by atoms with Gasteiger partial charge in [-0.3, -0.25) is 4.79 Å². The van der Waals surface area contributed by atoms with E-state index in [4.69, 9.17) is 32.7 Å². The molecule has 5 aliphatic carbocycles. The van der Waals surface area contributed by atoms with Crippen molar-refractivity contribution in [3.05, 3.63) is 0 Å². The molecule has 5 fully saturated rings. The zero-order valence-corrected chi connectivity index (χ0v) is 22.3. The van der Waals surface area contributed by atoms with E-state index in [2.05, 4.69) is 0 Å². The molecule has 0 atom stereocenters. The summed E-state index contributed by atoms with van der Waals surface area (Å²) in [5, 5.41) is 0. The second kappa shape index (κ2) is 9.56. The number of methoxy groups -OCH3 is 2. The molecule has 0 saturated heterocycles. The van der Waals surface area contributed by atoms with Crippen LogP contribution in [0.4, 0.5) is 0 Å². The fourth-order valence-electron chi connectivity index (χ4n) is 9.02. The van der Waals surface area contributed by atoms with E-state index in [0.717, 1.165) is 75.0 Å². The van der Waals surface area contributed by atoms with Crippen molar-refractivity contribution in [2.45, 2.75) is 119 Å². The molecule has 3 nitrogen and oxygen atoms in total. The summed E-state index contributed by atoms with van der Waals surface area (Å²) < 4.78 is 10.3. The van der Waals surface area contributed by atoms with Gasteiger partial charge in [0.05, 0.1) is 23.0 Å². The maximum absolute atomic E-state index is 13.9. The van der Waals surface area contributed by atoms with Crippen molar-refractivity contribution in [3.8, 4) is 0 Å². The molecule has 0 amide bonds. The van der Waals surface area contributed by atoms with Gasteiger partial charge in [-0.15, -0.1) is 0 Å². The summed E-state index contributed by atoms with van der Waals surface area (Å²) in [6.07, 6.45) is 18.8. The number of ether oxygens (including phenoxy) is 2. The quantitative estimate of drug-likeness (QED) is 0.376. The van der Waals surface area contributed by atoms with E-state index in [-0.39, 0.29) is 0 Å². The summed E-state index contributed by atoms with van der Waals surface area (Å²) >= 11 is 14.4. The minimum atomic E-state index is -0.867. The van der Waals surface area contributed by atoms with Crippen LogP contribution in [0.2, 0.25) is 0 Å². The topological polar surface area (TPSA) is 35.5 Å². The van der Waals surface area contributed by atoms with Crippen molar-refractivity contribution >= 4 is 29.0 Å². The third-order valence-electron chi connectivity index (χ3n) is 11.3. The second-order valence-electron chi connectivity index (χ2n) is 12.3. The number of carbonyl (C=O) groups is 1. The standard InChI is InChI=1S/C28H44Cl2O3/c1-32-23-7-3-19(4-8-23)21-11-15-26(16-12-21)25(31)27(28(26,29)30)17-13-22(14-18-27)20-5-9-24(33-2)10-6-20/h19-24H,3-18H2,1-2H3/t19-,20-,21?,22?,23-,24-,26?,27?. The largest absolute Gasteiger partial charge is 0.381 e. The maximum atomic E-state index is 13.9. The van der Waals surface area contributed by atoms with Gasteiger partial charge in [-0.2, -0.15) is 0 Å². The Morgan fingerprint density at radius 3 is 1.15 bits per heavy atom. The average Bonchev–Trinajstić information content (AvgIpc) is 2.88. The fourth-order valence-corrected chi connectivity index (χ4v) is 10.1.